The lowest BCUT2D eigenvalue weighted by Gasteiger charge is -2.32. The van der Waals surface area contributed by atoms with E-state index in [9.17, 15) is 10.1 Å². The highest BCUT2D eigenvalue weighted by molar-refractivity contribution is 6.62. The Kier molecular flexibility index (Phi) is 3.41. The molecular weight excluding hydrogens is 287 g/mol. The van der Waals surface area contributed by atoms with Gasteiger partial charge in [0, 0.05) is 12.3 Å². The van der Waals surface area contributed by atoms with Crippen LogP contribution in [0, 0.1) is 10.1 Å². The molecule has 0 spiro atoms. The third-order valence-corrected chi connectivity index (χ3v) is 4.39. The molecule has 1 saturated carbocycles. The molecule has 0 unspecified atom stereocenters. The molecule has 0 radical (unpaired) electrons. The Morgan fingerprint density at radius 2 is 1.91 bits per heavy atom. The minimum Gasteiger partial charge on any atom is -0.483 e. The van der Waals surface area contributed by atoms with Gasteiger partial charge in [-0.2, -0.15) is 0 Å². The van der Waals surface area contributed by atoms with Crippen molar-refractivity contribution < 1.29 is 19.0 Å². The second-order valence-corrected chi connectivity index (χ2v) is 6.71. The zero-order valence-corrected chi connectivity index (χ0v) is 13.2. The van der Waals surface area contributed by atoms with Crippen LogP contribution in [-0.2, 0) is 9.31 Å². The fraction of sp³-hybridized carbons (Fsp3) is 0.643. The minimum atomic E-state index is -0.881. The summed E-state index contributed by atoms with van der Waals surface area (Å²) < 4.78 is 17.4. The maximum absolute atomic E-state index is 11.5. The molecule has 1 aliphatic heterocycles. The van der Waals surface area contributed by atoms with E-state index in [0.717, 1.165) is 12.8 Å². The van der Waals surface area contributed by atoms with Gasteiger partial charge in [-0.1, -0.05) is 0 Å². The molecule has 22 heavy (non-hydrogen) atoms. The molecule has 1 aromatic rings. The minimum absolute atomic E-state index is 0.0623. The van der Waals surface area contributed by atoms with Crippen molar-refractivity contribution in [3.05, 3.63) is 22.4 Å². The van der Waals surface area contributed by atoms with Crippen molar-refractivity contribution in [2.75, 3.05) is 0 Å². The molecule has 7 nitrogen and oxygen atoms in total. The molecule has 1 aromatic heterocycles. The average molecular weight is 306 g/mol. The first-order valence-corrected chi connectivity index (χ1v) is 7.37. The van der Waals surface area contributed by atoms with Crippen LogP contribution in [0.3, 0.4) is 0 Å². The Balaban J connectivity index is 1.98. The highest BCUT2D eigenvalue weighted by Crippen LogP contribution is 2.38. The van der Waals surface area contributed by atoms with Crippen LogP contribution in [0.15, 0.2) is 12.3 Å². The second kappa shape index (κ2) is 4.92. The van der Waals surface area contributed by atoms with Crippen molar-refractivity contribution in [3.8, 4) is 5.75 Å². The van der Waals surface area contributed by atoms with E-state index in [1.807, 2.05) is 27.7 Å². The van der Waals surface area contributed by atoms with Crippen LogP contribution in [0.5, 0.6) is 5.75 Å². The van der Waals surface area contributed by atoms with Gasteiger partial charge in [0.05, 0.1) is 22.2 Å². The zero-order valence-electron chi connectivity index (χ0n) is 13.2. The summed E-state index contributed by atoms with van der Waals surface area (Å²) in [7, 11) is -0.881. The maximum atomic E-state index is 11.5. The largest absolute Gasteiger partial charge is 0.521 e. The van der Waals surface area contributed by atoms with E-state index >= 15 is 0 Å². The summed E-state index contributed by atoms with van der Waals surface area (Å²) in [6, 6.07) is 1.52. The van der Waals surface area contributed by atoms with E-state index in [2.05, 4.69) is 4.98 Å². The van der Waals surface area contributed by atoms with Gasteiger partial charge in [0.1, 0.15) is 0 Å². The number of pyridine rings is 1. The fourth-order valence-corrected chi connectivity index (χ4v) is 2.22. The summed E-state index contributed by atoms with van der Waals surface area (Å²) >= 11 is 0. The number of nitrogens with zero attached hydrogens (tertiary/aromatic N) is 2. The summed E-state index contributed by atoms with van der Waals surface area (Å²) in [5, 5.41) is 11.5. The molecule has 1 saturated heterocycles. The van der Waals surface area contributed by atoms with Crippen molar-refractivity contribution in [3.63, 3.8) is 0 Å². The van der Waals surface area contributed by atoms with E-state index in [-0.39, 0.29) is 23.1 Å². The van der Waals surface area contributed by atoms with E-state index < -0.39 is 23.2 Å². The normalized spacial score (nSPS) is 22.6. The highest BCUT2D eigenvalue weighted by Gasteiger charge is 2.54. The fourth-order valence-electron chi connectivity index (χ4n) is 2.22. The summed E-state index contributed by atoms with van der Waals surface area (Å²) in [4.78, 5) is 15.1. The first-order valence-electron chi connectivity index (χ1n) is 7.37. The van der Waals surface area contributed by atoms with Gasteiger partial charge in [0.2, 0.25) is 0 Å². The summed E-state index contributed by atoms with van der Waals surface area (Å²) in [6.07, 6.45) is 3.40. The van der Waals surface area contributed by atoms with Crippen molar-refractivity contribution in [2.24, 2.45) is 0 Å². The van der Waals surface area contributed by atoms with Crippen molar-refractivity contribution in [1.82, 2.24) is 4.98 Å². The molecule has 2 aliphatic rings. The van der Waals surface area contributed by atoms with Gasteiger partial charge < -0.3 is 14.0 Å². The van der Waals surface area contributed by atoms with Crippen molar-refractivity contribution >= 4 is 18.4 Å². The monoisotopic (exact) mass is 306 g/mol. The standard InChI is InChI=1S/C14H19BN2O5/c1-13(2)14(3,4)22-15(21-13)12-11(17(18)19)10(7-8-16-12)20-9-5-6-9/h7-9H,5-6H2,1-4H3. The Morgan fingerprint density at radius 1 is 1.32 bits per heavy atom. The topological polar surface area (TPSA) is 83.7 Å². The number of rotatable bonds is 4. The average Bonchev–Trinajstić information content (AvgIpc) is 3.16. The van der Waals surface area contributed by atoms with Gasteiger partial charge in [-0.3, -0.25) is 15.1 Å². The smallest absolute Gasteiger partial charge is 0.483 e. The van der Waals surface area contributed by atoms with Crippen LogP contribution in [0.4, 0.5) is 5.69 Å². The molecule has 118 valence electrons. The van der Waals surface area contributed by atoms with Gasteiger partial charge in [-0.25, -0.2) is 0 Å². The molecular formula is C14H19BN2O5. The molecule has 2 heterocycles. The third kappa shape index (κ3) is 2.57. The molecule has 0 N–H and O–H groups in total. The lowest BCUT2D eigenvalue weighted by molar-refractivity contribution is -0.385. The second-order valence-electron chi connectivity index (χ2n) is 6.71. The SMILES string of the molecule is CC1(C)OB(c2nccc(OC3CC3)c2[N+](=O)[O-])OC1(C)C. The molecule has 2 fully saturated rings. The Bertz CT molecular complexity index is 599. The van der Waals surface area contributed by atoms with Crippen molar-refractivity contribution in [2.45, 2.75) is 57.8 Å². The number of aromatic nitrogens is 1. The number of hydrogen-bond donors (Lipinski definition) is 0. The predicted octanol–water partition coefficient (Wildman–Crippen LogP) is 1.83. The predicted molar refractivity (Wildman–Crippen MR) is 80.3 cm³/mol. The van der Waals surface area contributed by atoms with E-state index in [1.165, 1.54) is 12.3 Å². The van der Waals surface area contributed by atoms with Crippen LogP contribution in [0.1, 0.15) is 40.5 Å². The van der Waals surface area contributed by atoms with Crippen LogP contribution < -0.4 is 10.3 Å². The maximum Gasteiger partial charge on any atom is 0.521 e. The van der Waals surface area contributed by atoms with Crippen LogP contribution in [-0.4, -0.2) is 34.3 Å². The van der Waals surface area contributed by atoms with Crippen LogP contribution >= 0.6 is 0 Å². The molecule has 0 aromatic carbocycles. The van der Waals surface area contributed by atoms with Gasteiger partial charge >= 0.3 is 12.8 Å². The third-order valence-electron chi connectivity index (χ3n) is 4.39. The molecule has 0 amide bonds. The Morgan fingerprint density at radius 3 is 2.41 bits per heavy atom. The quantitative estimate of drug-likeness (QED) is 0.479. The summed E-state index contributed by atoms with van der Waals surface area (Å²) in [5.74, 6) is 0.229. The van der Waals surface area contributed by atoms with Gasteiger partial charge in [0.15, 0.2) is 11.3 Å². The molecule has 0 bridgehead atoms. The molecule has 8 heteroatoms. The molecule has 0 atom stereocenters. The summed E-state index contributed by atoms with van der Waals surface area (Å²) in [6.45, 7) is 7.57. The molecule has 1 aliphatic carbocycles. The molecule has 3 rings (SSSR count). The first kappa shape index (κ1) is 15.2. The lowest BCUT2D eigenvalue weighted by atomic mass is 9.82. The highest BCUT2D eigenvalue weighted by atomic mass is 16.7. The zero-order chi connectivity index (χ0) is 16.1. The van der Waals surface area contributed by atoms with Crippen LogP contribution in [0.25, 0.3) is 0 Å². The lowest BCUT2D eigenvalue weighted by Crippen LogP contribution is -2.41. The number of nitro groups is 1. The van der Waals surface area contributed by atoms with Gasteiger partial charge in [-0.15, -0.1) is 0 Å². The van der Waals surface area contributed by atoms with Crippen molar-refractivity contribution in [1.29, 1.82) is 0 Å². The van der Waals surface area contributed by atoms with Gasteiger partial charge in [-0.05, 0) is 40.5 Å². The summed E-state index contributed by atoms with van der Waals surface area (Å²) in [5.41, 5.74) is -1.18. The van der Waals surface area contributed by atoms with E-state index in [1.54, 1.807) is 0 Å². The first-order chi connectivity index (χ1) is 10.2. The van der Waals surface area contributed by atoms with Gasteiger partial charge in [0.25, 0.3) is 0 Å². The van der Waals surface area contributed by atoms with Crippen LogP contribution in [0.2, 0.25) is 0 Å². The van der Waals surface area contributed by atoms with E-state index in [0.29, 0.717) is 0 Å². The van der Waals surface area contributed by atoms with E-state index in [4.69, 9.17) is 14.0 Å². The number of ether oxygens (including phenoxy) is 1. The number of hydrogen-bond acceptors (Lipinski definition) is 6. The Hall–Kier alpha value is -1.67. The Labute approximate surface area is 129 Å².